The van der Waals surface area contributed by atoms with Crippen molar-refractivity contribution in [1.29, 1.82) is 0 Å². The van der Waals surface area contributed by atoms with E-state index < -0.39 is 0 Å². The summed E-state index contributed by atoms with van der Waals surface area (Å²) in [6.45, 7) is 2.06. The van der Waals surface area contributed by atoms with Crippen molar-refractivity contribution in [1.82, 2.24) is 4.98 Å². The summed E-state index contributed by atoms with van der Waals surface area (Å²) in [6, 6.07) is 29.1. The fourth-order valence-electron chi connectivity index (χ4n) is 3.48. The zero-order chi connectivity index (χ0) is 17.5. The van der Waals surface area contributed by atoms with E-state index in [2.05, 4.69) is 84.7 Å². The van der Waals surface area contributed by atoms with E-state index in [1.807, 2.05) is 24.0 Å². The van der Waals surface area contributed by atoms with E-state index in [0.29, 0.717) is 0 Å². The molecule has 3 aromatic carbocycles. The third kappa shape index (κ3) is 3.17. The van der Waals surface area contributed by atoms with Crippen molar-refractivity contribution < 1.29 is 20.1 Å². The Morgan fingerprint density at radius 2 is 1.52 bits per heavy atom. The standard InChI is InChI=1S/C24H16NS.Ir/c1-16-13-14-21(25-15-16)20-10-6-12-23-24(20)19-9-3-2-7-17(19)18-8-4-5-11-22(18)26-23;/h2-9,11-15H,1H3;/q-1;. The molecule has 0 spiro atoms. The number of rotatable bonds is 1. The topological polar surface area (TPSA) is 12.9 Å². The zero-order valence-corrected chi connectivity index (χ0v) is 17.9. The number of fused-ring (bicyclic) bond motifs is 5. The van der Waals surface area contributed by atoms with E-state index in [-0.39, 0.29) is 20.1 Å². The van der Waals surface area contributed by atoms with Gasteiger partial charge in [0.05, 0.1) is 0 Å². The van der Waals surface area contributed by atoms with Gasteiger partial charge in [-0.05, 0) is 35.4 Å². The van der Waals surface area contributed by atoms with Crippen LogP contribution in [0.3, 0.4) is 0 Å². The van der Waals surface area contributed by atoms with Crippen LogP contribution in [-0.2, 0) is 20.1 Å². The summed E-state index contributed by atoms with van der Waals surface area (Å²) >= 11 is 1.82. The van der Waals surface area contributed by atoms with Crippen LogP contribution in [-0.4, -0.2) is 4.98 Å². The molecule has 0 bridgehead atoms. The molecular weight excluding hydrogens is 527 g/mol. The van der Waals surface area contributed by atoms with Crippen LogP contribution in [0.4, 0.5) is 0 Å². The van der Waals surface area contributed by atoms with E-state index in [1.165, 1.54) is 32.0 Å². The molecule has 0 saturated heterocycles. The molecule has 0 saturated carbocycles. The summed E-state index contributed by atoms with van der Waals surface area (Å²) in [7, 11) is 0. The van der Waals surface area contributed by atoms with Crippen LogP contribution in [0.25, 0.3) is 33.5 Å². The molecule has 4 aromatic rings. The molecule has 1 aromatic heterocycles. The average Bonchev–Trinajstić information content (AvgIpc) is 2.83. The van der Waals surface area contributed by atoms with Crippen molar-refractivity contribution >= 4 is 11.8 Å². The van der Waals surface area contributed by atoms with Crippen molar-refractivity contribution in [2.24, 2.45) is 0 Å². The Morgan fingerprint density at radius 1 is 0.778 bits per heavy atom. The molecule has 0 unspecified atom stereocenters. The molecule has 2 heterocycles. The number of benzene rings is 3. The summed E-state index contributed by atoms with van der Waals surface area (Å²) in [5.41, 5.74) is 8.21. The third-order valence-corrected chi connectivity index (χ3v) is 5.86. The Kier molecular flexibility index (Phi) is 5.01. The molecule has 27 heavy (non-hydrogen) atoms. The fourth-order valence-corrected chi connectivity index (χ4v) is 4.60. The number of nitrogens with zero attached hydrogens (tertiary/aromatic N) is 1. The number of hydrogen-bond donors (Lipinski definition) is 0. The van der Waals surface area contributed by atoms with Gasteiger partial charge < -0.3 is 4.98 Å². The number of aryl methyl sites for hydroxylation is 1. The summed E-state index contributed by atoms with van der Waals surface area (Å²) in [5, 5.41) is 0. The van der Waals surface area contributed by atoms with E-state index >= 15 is 0 Å². The van der Waals surface area contributed by atoms with Gasteiger partial charge in [-0.1, -0.05) is 70.6 Å². The monoisotopic (exact) mass is 543 g/mol. The summed E-state index contributed by atoms with van der Waals surface area (Å²) < 4.78 is 0. The average molecular weight is 543 g/mol. The normalized spacial score (nSPS) is 11.4. The Morgan fingerprint density at radius 3 is 2.30 bits per heavy atom. The first kappa shape index (κ1) is 18.2. The van der Waals surface area contributed by atoms with E-state index in [4.69, 9.17) is 0 Å². The second kappa shape index (κ2) is 7.44. The van der Waals surface area contributed by atoms with Crippen LogP contribution in [0, 0.1) is 13.0 Å². The minimum absolute atomic E-state index is 0. The Labute approximate surface area is 177 Å². The molecule has 1 radical (unpaired) electrons. The van der Waals surface area contributed by atoms with Crippen LogP contribution < -0.4 is 0 Å². The van der Waals surface area contributed by atoms with Crippen molar-refractivity contribution in [3.63, 3.8) is 0 Å². The van der Waals surface area contributed by atoms with Gasteiger partial charge in [0, 0.05) is 31.2 Å². The first-order valence-electron chi connectivity index (χ1n) is 8.65. The molecule has 1 nitrogen and oxygen atoms in total. The number of pyridine rings is 1. The van der Waals surface area contributed by atoms with Crippen molar-refractivity contribution in [2.75, 3.05) is 0 Å². The van der Waals surface area contributed by atoms with Gasteiger partial charge in [0.2, 0.25) is 0 Å². The molecule has 5 rings (SSSR count). The van der Waals surface area contributed by atoms with Gasteiger partial charge >= 0.3 is 0 Å². The predicted octanol–water partition coefficient (Wildman–Crippen LogP) is 6.65. The molecule has 3 heteroatoms. The van der Waals surface area contributed by atoms with E-state index in [1.54, 1.807) is 0 Å². The first-order chi connectivity index (χ1) is 12.8. The fraction of sp³-hybridized carbons (Fsp3) is 0.0417. The van der Waals surface area contributed by atoms with Crippen LogP contribution >= 0.6 is 11.8 Å². The number of hydrogen-bond acceptors (Lipinski definition) is 2. The van der Waals surface area contributed by atoms with Gasteiger partial charge in [-0.2, -0.15) is 0 Å². The SMILES string of the molecule is Cc1ccc(-c2[c-]ccc3c2-c2ccccc2-c2ccccc2S3)nc1.[Ir]. The minimum atomic E-state index is 0. The summed E-state index contributed by atoms with van der Waals surface area (Å²) in [4.78, 5) is 7.20. The molecule has 0 amide bonds. The van der Waals surface area contributed by atoms with Gasteiger partial charge in [0.1, 0.15) is 0 Å². The van der Waals surface area contributed by atoms with Gasteiger partial charge in [-0.15, -0.1) is 35.5 Å². The summed E-state index contributed by atoms with van der Waals surface area (Å²) in [6.07, 6.45) is 1.92. The van der Waals surface area contributed by atoms with Gasteiger partial charge in [-0.3, -0.25) is 0 Å². The van der Waals surface area contributed by atoms with E-state index in [9.17, 15) is 0 Å². The zero-order valence-electron chi connectivity index (χ0n) is 14.7. The third-order valence-electron chi connectivity index (χ3n) is 4.72. The molecule has 0 atom stereocenters. The molecule has 0 aliphatic carbocycles. The van der Waals surface area contributed by atoms with Crippen LogP contribution in [0.2, 0.25) is 0 Å². The maximum Gasteiger partial charge on any atom is 0.0190 e. The van der Waals surface area contributed by atoms with E-state index in [0.717, 1.165) is 16.8 Å². The quantitative estimate of drug-likeness (QED) is 0.220. The van der Waals surface area contributed by atoms with Crippen LogP contribution in [0.5, 0.6) is 0 Å². The minimum Gasteiger partial charge on any atom is -0.304 e. The largest absolute Gasteiger partial charge is 0.304 e. The molecular formula is C24H16IrNS-. The maximum atomic E-state index is 4.67. The Hall–Kier alpha value is -2.19. The molecule has 0 fully saturated rings. The summed E-state index contributed by atoms with van der Waals surface area (Å²) in [5.74, 6) is 0. The van der Waals surface area contributed by atoms with Crippen molar-refractivity contribution in [2.45, 2.75) is 16.7 Å². The maximum absolute atomic E-state index is 4.67. The Balaban J connectivity index is 0.00000180. The number of aromatic nitrogens is 1. The second-order valence-electron chi connectivity index (χ2n) is 6.46. The second-order valence-corrected chi connectivity index (χ2v) is 7.54. The van der Waals surface area contributed by atoms with Crippen LogP contribution in [0.15, 0.2) is 88.8 Å². The molecule has 0 N–H and O–H groups in total. The Bertz CT molecular complexity index is 1120. The predicted molar refractivity (Wildman–Crippen MR) is 108 cm³/mol. The smallest absolute Gasteiger partial charge is 0.0190 e. The van der Waals surface area contributed by atoms with Gasteiger partial charge in [0.15, 0.2) is 0 Å². The van der Waals surface area contributed by atoms with Gasteiger partial charge in [-0.25, -0.2) is 0 Å². The van der Waals surface area contributed by atoms with Crippen molar-refractivity contribution in [3.8, 4) is 33.5 Å². The van der Waals surface area contributed by atoms with Crippen LogP contribution in [0.1, 0.15) is 5.56 Å². The molecule has 133 valence electrons. The first-order valence-corrected chi connectivity index (χ1v) is 9.47. The molecule has 1 aliphatic rings. The van der Waals surface area contributed by atoms with Crippen molar-refractivity contribution in [3.05, 3.63) is 90.6 Å². The van der Waals surface area contributed by atoms with Gasteiger partial charge in [0.25, 0.3) is 0 Å². The molecule has 1 aliphatic heterocycles.